The normalized spacial score (nSPS) is 13.9. The van der Waals surface area contributed by atoms with E-state index in [0.717, 1.165) is 67.6 Å². The summed E-state index contributed by atoms with van der Waals surface area (Å²) in [6, 6.07) is 7.95. The van der Waals surface area contributed by atoms with Gasteiger partial charge in [-0.3, -0.25) is 4.79 Å². The zero-order valence-corrected chi connectivity index (χ0v) is 21.1. The first-order valence-electron chi connectivity index (χ1n) is 12.9. The van der Waals surface area contributed by atoms with Crippen LogP contribution in [-0.4, -0.2) is 43.7 Å². The lowest BCUT2D eigenvalue weighted by Crippen LogP contribution is -2.36. The highest BCUT2D eigenvalue weighted by Crippen LogP contribution is 2.23. The topological polar surface area (TPSA) is 54.5 Å². The molecule has 0 bridgehead atoms. The van der Waals surface area contributed by atoms with Crippen LogP contribution in [0.15, 0.2) is 29.6 Å². The second kappa shape index (κ2) is 15.1. The number of carbonyl (C=O) groups is 1. The van der Waals surface area contributed by atoms with Gasteiger partial charge >= 0.3 is 0 Å². The van der Waals surface area contributed by atoms with Crippen LogP contribution in [0.5, 0.6) is 0 Å². The minimum absolute atomic E-state index is 0.0278. The summed E-state index contributed by atoms with van der Waals surface area (Å²) in [4.78, 5) is 19.7. The molecule has 33 heavy (non-hydrogen) atoms. The van der Waals surface area contributed by atoms with Gasteiger partial charge in [-0.1, -0.05) is 76.8 Å². The molecule has 0 saturated carbocycles. The van der Waals surface area contributed by atoms with Gasteiger partial charge in [-0.15, -0.1) is 11.3 Å². The Hall–Kier alpha value is -1.92. The van der Waals surface area contributed by atoms with E-state index in [9.17, 15) is 4.79 Å². The number of benzene rings is 1. The maximum atomic E-state index is 12.6. The first-order valence-corrected chi connectivity index (χ1v) is 13.8. The van der Waals surface area contributed by atoms with Crippen molar-refractivity contribution in [1.29, 1.82) is 0 Å². The predicted octanol–water partition coefficient (Wildman–Crippen LogP) is 6.22. The first-order chi connectivity index (χ1) is 16.3. The highest BCUT2D eigenvalue weighted by Gasteiger charge is 2.15. The van der Waals surface area contributed by atoms with Gasteiger partial charge in [-0.05, 0) is 24.1 Å². The third kappa shape index (κ3) is 9.46. The number of hydrogen-bond acceptors (Lipinski definition) is 5. The molecule has 3 rings (SSSR count). The molecule has 1 aliphatic heterocycles. The molecule has 6 heteroatoms. The van der Waals surface area contributed by atoms with Crippen LogP contribution >= 0.6 is 11.3 Å². The Morgan fingerprint density at radius 2 is 1.73 bits per heavy atom. The van der Waals surface area contributed by atoms with Gasteiger partial charge in [0, 0.05) is 37.0 Å². The molecule has 5 nitrogen and oxygen atoms in total. The zero-order valence-electron chi connectivity index (χ0n) is 20.3. The van der Waals surface area contributed by atoms with Crippen LogP contribution in [0, 0.1) is 0 Å². The molecule has 182 valence electrons. The number of carbonyl (C=O) groups excluding carboxylic acids is 1. The Morgan fingerprint density at radius 3 is 2.45 bits per heavy atom. The van der Waals surface area contributed by atoms with Crippen molar-refractivity contribution in [3.8, 4) is 0 Å². The van der Waals surface area contributed by atoms with Crippen LogP contribution in [0.25, 0.3) is 0 Å². The monoisotopic (exact) mass is 471 g/mol. The second-order valence-corrected chi connectivity index (χ2v) is 9.87. The maximum Gasteiger partial charge on any atom is 0.251 e. The van der Waals surface area contributed by atoms with Gasteiger partial charge in [0.2, 0.25) is 0 Å². The number of unbranched alkanes of at least 4 members (excludes halogenated alkanes) is 9. The van der Waals surface area contributed by atoms with Crippen molar-refractivity contribution < 1.29 is 9.53 Å². The molecule has 0 unspecified atom stereocenters. The fourth-order valence-corrected chi connectivity index (χ4v) is 5.10. The summed E-state index contributed by atoms with van der Waals surface area (Å²) in [6.07, 6.45) is 13.8. The molecule has 1 aromatic carbocycles. The van der Waals surface area contributed by atoms with Crippen LogP contribution in [0.4, 0.5) is 5.13 Å². The zero-order chi connectivity index (χ0) is 23.1. The number of nitrogens with one attached hydrogen (secondary N) is 1. The molecule has 0 aliphatic carbocycles. The lowest BCUT2D eigenvalue weighted by atomic mass is 10.1. The average molecular weight is 472 g/mol. The molecule has 2 heterocycles. The Balaban J connectivity index is 1.33. The van der Waals surface area contributed by atoms with Crippen molar-refractivity contribution in [1.82, 2.24) is 10.3 Å². The Bertz CT molecular complexity index is 817. The van der Waals surface area contributed by atoms with Crippen molar-refractivity contribution in [2.24, 2.45) is 0 Å². The number of ether oxygens (including phenoxy) is 1. The summed E-state index contributed by atoms with van der Waals surface area (Å²) in [7, 11) is 0. The van der Waals surface area contributed by atoms with Gasteiger partial charge in [0.1, 0.15) is 0 Å². The number of rotatable bonds is 15. The minimum Gasteiger partial charge on any atom is -0.378 e. The van der Waals surface area contributed by atoms with Crippen molar-refractivity contribution in [2.75, 3.05) is 37.7 Å². The lowest BCUT2D eigenvalue weighted by molar-refractivity contribution is 0.0953. The van der Waals surface area contributed by atoms with Crippen LogP contribution in [0.2, 0.25) is 0 Å². The summed E-state index contributed by atoms with van der Waals surface area (Å²) in [6.45, 7) is 6.37. The first kappa shape index (κ1) is 25.7. The van der Waals surface area contributed by atoms with Gasteiger partial charge in [0.25, 0.3) is 5.91 Å². The number of thiazole rings is 1. The smallest absolute Gasteiger partial charge is 0.251 e. The number of nitrogens with zero attached hydrogens (tertiary/aromatic N) is 2. The summed E-state index contributed by atoms with van der Waals surface area (Å²) < 4.78 is 5.43. The molecule has 1 fully saturated rings. The van der Waals surface area contributed by atoms with E-state index in [1.54, 1.807) is 11.3 Å². The van der Waals surface area contributed by atoms with E-state index < -0.39 is 0 Å². The average Bonchev–Trinajstić information content (AvgIpc) is 3.31. The second-order valence-electron chi connectivity index (χ2n) is 9.04. The molecular weight excluding hydrogens is 430 g/mol. The van der Waals surface area contributed by atoms with E-state index in [4.69, 9.17) is 9.72 Å². The SMILES string of the molecule is CCCCCCCCCCCCNC(=O)c1cccc(Cc2csc(N3CCOCC3)n2)c1. The van der Waals surface area contributed by atoms with Crippen molar-refractivity contribution in [2.45, 2.75) is 77.6 Å². The van der Waals surface area contributed by atoms with E-state index in [-0.39, 0.29) is 5.91 Å². The molecule has 0 atom stereocenters. The molecular formula is C27H41N3O2S. The summed E-state index contributed by atoms with van der Waals surface area (Å²) >= 11 is 1.69. The molecule has 1 aliphatic rings. The molecule has 2 aromatic rings. The van der Waals surface area contributed by atoms with Gasteiger partial charge < -0.3 is 15.0 Å². The highest BCUT2D eigenvalue weighted by molar-refractivity contribution is 7.13. The third-order valence-corrected chi connectivity index (χ3v) is 7.16. The molecule has 0 radical (unpaired) electrons. The summed E-state index contributed by atoms with van der Waals surface area (Å²) in [5, 5.41) is 6.29. The standard InChI is InChI=1S/C27H41N3O2S/c1-2-3-4-5-6-7-8-9-10-11-15-28-26(31)24-14-12-13-23(20-24)21-25-22-33-27(29-25)30-16-18-32-19-17-30/h12-14,20,22H,2-11,15-19,21H2,1H3,(H,28,31). The lowest BCUT2D eigenvalue weighted by Gasteiger charge is -2.26. The summed E-state index contributed by atoms with van der Waals surface area (Å²) in [5.41, 5.74) is 2.92. The number of morpholine rings is 1. The highest BCUT2D eigenvalue weighted by atomic mass is 32.1. The number of amides is 1. The third-order valence-electron chi connectivity index (χ3n) is 6.21. The maximum absolute atomic E-state index is 12.6. The van der Waals surface area contributed by atoms with Gasteiger partial charge in [-0.2, -0.15) is 0 Å². The molecule has 1 N–H and O–H groups in total. The number of anilines is 1. The van der Waals surface area contributed by atoms with E-state index in [1.807, 2.05) is 18.2 Å². The Kier molecular flexibility index (Phi) is 11.7. The van der Waals surface area contributed by atoms with Crippen LogP contribution in [0.3, 0.4) is 0 Å². The van der Waals surface area contributed by atoms with Crippen LogP contribution < -0.4 is 10.2 Å². The largest absolute Gasteiger partial charge is 0.378 e. The minimum atomic E-state index is 0.0278. The number of aromatic nitrogens is 1. The van der Waals surface area contributed by atoms with E-state index in [2.05, 4.69) is 28.6 Å². The van der Waals surface area contributed by atoms with Gasteiger partial charge in [0.15, 0.2) is 5.13 Å². The quantitative estimate of drug-likeness (QED) is 0.313. The fourth-order valence-electron chi connectivity index (χ4n) is 4.23. The van der Waals surface area contributed by atoms with Crippen molar-refractivity contribution in [3.63, 3.8) is 0 Å². The van der Waals surface area contributed by atoms with Crippen molar-refractivity contribution >= 4 is 22.4 Å². The summed E-state index contributed by atoms with van der Waals surface area (Å²) in [5.74, 6) is 0.0278. The van der Waals surface area contributed by atoms with E-state index in [1.165, 1.54) is 57.8 Å². The predicted molar refractivity (Wildman–Crippen MR) is 139 cm³/mol. The van der Waals surface area contributed by atoms with Gasteiger partial charge in [0.05, 0.1) is 18.9 Å². The van der Waals surface area contributed by atoms with Crippen LogP contribution in [-0.2, 0) is 11.2 Å². The van der Waals surface area contributed by atoms with Gasteiger partial charge in [-0.25, -0.2) is 4.98 Å². The van der Waals surface area contributed by atoms with Crippen molar-refractivity contribution in [3.05, 3.63) is 46.5 Å². The molecule has 1 saturated heterocycles. The molecule has 0 spiro atoms. The number of hydrogen-bond donors (Lipinski definition) is 1. The van der Waals surface area contributed by atoms with E-state index >= 15 is 0 Å². The Labute approximate surface area is 203 Å². The van der Waals surface area contributed by atoms with E-state index in [0.29, 0.717) is 0 Å². The fraction of sp³-hybridized carbons (Fsp3) is 0.630. The molecule has 1 amide bonds. The molecule has 1 aromatic heterocycles. The van der Waals surface area contributed by atoms with Crippen LogP contribution in [0.1, 0.15) is 92.7 Å². The Morgan fingerprint density at radius 1 is 1.03 bits per heavy atom.